The molecule has 4 aromatic rings. The fraction of sp³-hybridized carbons (Fsp3) is 0.321. The highest BCUT2D eigenvalue weighted by Gasteiger charge is 2.33. The normalized spacial score (nSPS) is 13.8. The molecule has 174 valence electrons. The van der Waals surface area contributed by atoms with E-state index in [2.05, 4.69) is 47.6 Å². The average Bonchev–Trinajstić information content (AvgIpc) is 3.41. The van der Waals surface area contributed by atoms with Crippen LogP contribution in [0.15, 0.2) is 54.6 Å². The molecule has 0 fully saturated rings. The zero-order valence-electron chi connectivity index (χ0n) is 20.2. The molecule has 6 heteroatoms. The minimum absolute atomic E-state index is 0.239. The first-order valence-electron chi connectivity index (χ1n) is 11.8. The van der Waals surface area contributed by atoms with Crippen molar-refractivity contribution in [1.82, 2.24) is 14.5 Å². The molecule has 6 nitrogen and oxygen atoms in total. The Bertz CT molecular complexity index is 1360. The van der Waals surface area contributed by atoms with Crippen LogP contribution in [-0.2, 0) is 28.9 Å². The van der Waals surface area contributed by atoms with Gasteiger partial charge in [0.15, 0.2) is 11.7 Å². The van der Waals surface area contributed by atoms with Crippen molar-refractivity contribution in [2.45, 2.75) is 46.2 Å². The highest BCUT2D eigenvalue weighted by atomic mass is 16.5. The quantitative estimate of drug-likeness (QED) is 0.387. The molecule has 0 unspecified atom stereocenters. The van der Waals surface area contributed by atoms with Crippen LogP contribution in [0.4, 0.5) is 5.69 Å². The largest absolute Gasteiger partial charge is 0.467 e. The summed E-state index contributed by atoms with van der Waals surface area (Å²) in [5.41, 5.74) is 8.61. The minimum atomic E-state index is -0.447. The molecule has 34 heavy (non-hydrogen) atoms. The first-order valence-corrected chi connectivity index (χ1v) is 11.8. The van der Waals surface area contributed by atoms with E-state index in [0.717, 1.165) is 65.4 Å². The molecule has 0 aliphatic carbocycles. The van der Waals surface area contributed by atoms with E-state index in [4.69, 9.17) is 14.7 Å². The fourth-order valence-corrected chi connectivity index (χ4v) is 5.10. The number of carbonyl (C=O) groups is 1. The lowest BCUT2D eigenvalue weighted by molar-refractivity contribution is -0.142. The van der Waals surface area contributed by atoms with Crippen LogP contribution < -0.4 is 4.90 Å². The Hall–Kier alpha value is -3.67. The Morgan fingerprint density at radius 1 is 1.09 bits per heavy atom. The zero-order valence-corrected chi connectivity index (χ0v) is 20.2. The van der Waals surface area contributed by atoms with Gasteiger partial charge in [0.05, 0.1) is 13.7 Å². The van der Waals surface area contributed by atoms with Gasteiger partial charge >= 0.3 is 5.97 Å². The van der Waals surface area contributed by atoms with Gasteiger partial charge in [-0.15, -0.1) is 0 Å². The number of hydrogen-bond acceptors (Lipinski definition) is 5. The average molecular weight is 455 g/mol. The first kappa shape index (κ1) is 22.1. The van der Waals surface area contributed by atoms with Gasteiger partial charge in [-0.1, -0.05) is 49.4 Å². The van der Waals surface area contributed by atoms with Crippen LogP contribution in [0.5, 0.6) is 0 Å². The standard InChI is InChI=1S/C28H30N4O2/c1-5-24-30-25-18(2)15-19(3)29-27(25)32(24)17-20-11-12-23-22(16-20)13-14-31(23)26(28(33)34-4)21-9-7-6-8-10-21/h6-12,15-16,26H,5,13-14,17H2,1-4H3/t26-/m1/s1. The molecular formula is C28H30N4O2. The summed E-state index contributed by atoms with van der Waals surface area (Å²) in [5, 5.41) is 0. The van der Waals surface area contributed by atoms with Crippen LogP contribution in [0.25, 0.3) is 11.2 Å². The summed E-state index contributed by atoms with van der Waals surface area (Å²) in [6.45, 7) is 7.77. The molecule has 0 saturated carbocycles. The number of nitrogens with zero attached hydrogens (tertiary/aromatic N) is 4. The van der Waals surface area contributed by atoms with E-state index in [-0.39, 0.29) is 5.97 Å². The number of carbonyl (C=O) groups excluding carboxylic acids is 1. The summed E-state index contributed by atoms with van der Waals surface area (Å²) < 4.78 is 7.42. The van der Waals surface area contributed by atoms with Crippen LogP contribution in [0.2, 0.25) is 0 Å². The van der Waals surface area contributed by atoms with E-state index in [1.807, 2.05) is 37.3 Å². The van der Waals surface area contributed by atoms with Gasteiger partial charge in [0.1, 0.15) is 11.3 Å². The Morgan fingerprint density at radius 3 is 2.62 bits per heavy atom. The number of pyridine rings is 1. The number of aromatic nitrogens is 3. The van der Waals surface area contributed by atoms with Crippen molar-refractivity contribution in [1.29, 1.82) is 0 Å². The van der Waals surface area contributed by atoms with Crippen molar-refractivity contribution in [3.05, 3.63) is 88.4 Å². The molecule has 1 aliphatic rings. The molecule has 1 atom stereocenters. The second-order valence-electron chi connectivity index (χ2n) is 8.96. The highest BCUT2D eigenvalue weighted by Crippen LogP contribution is 2.36. The van der Waals surface area contributed by atoms with Crippen molar-refractivity contribution in [3.8, 4) is 0 Å². The number of benzene rings is 2. The third-order valence-corrected chi connectivity index (χ3v) is 6.68. The summed E-state index contributed by atoms with van der Waals surface area (Å²) in [5.74, 6) is 0.811. The Balaban J connectivity index is 1.49. The van der Waals surface area contributed by atoms with Crippen molar-refractivity contribution in [3.63, 3.8) is 0 Å². The highest BCUT2D eigenvalue weighted by molar-refractivity contribution is 5.83. The van der Waals surface area contributed by atoms with Crippen molar-refractivity contribution < 1.29 is 9.53 Å². The molecule has 1 aliphatic heterocycles. The van der Waals surface area contributed by atoms with Crippen LogP contribution in [-0.4, -0.2) is 34.2 Å². The number of ether oxygens (including phenoxy) is 1. The molecule has 0 saturated heterocycles. The predicted molar refractivity (Wildman–Crippen MR) is 134 cm³/mol. The molecule has 5 rings (SSSR count). The van der Waals surface area contributed by atoms with Crippen LogP contribution >= 0.6 is 0 Å². The van der Waals surface area contributed by atoms with Crippen LogP contribution in [0.1, 0.15) is 46.7 Å². The van der Waals surface area contributed by atoms with Crippen molar-refractivity contribution in [2.24, 2.45) is 0 Å². The molecule has 0 spiro atoms. The second kappa shape index (κ2) is 8.93. The Labute approximate surface area is 200 Å². The van der Waals surface area contributed by atoms with E-state index >= 15 is 0 Å². The van der Waals surface area contributed by atoms with E-state index in [0.29, 0.717) is 0 Å². The van der Waals surface area contributed by atoms with Gasteiger partial charge in [-0.3, -0.25) is 0 Å². The van der Waals surface area contributed by atoms with E-state index in [1.165, 1.54) is 18.2 Å². The third kappa shape index (κ3) is 3.83. The zero-order chi connectivity index (χ0) is 23.8. The molecule has 2 aromatic heterocycles. The lowest BCUT2D eigenvalue weighted by Crippen LogP contribution is -2.33. The SMILES string of the molecule is CCc1nc2c(C)cc(C)nc2n1Cc1ccc2c(c1)CCN2[C@@H](C(=O)OC)c1ccccc1. The maximum atomic E-state index is 12.8. The van der Waals surface area contributed by atoms with Gasteiger partial charge in [0, 0.05) is 24.3 Å². The van der Waals surface area contributed by atoms with Gasteiger partial charge < -0.3 is 14.2 Å². The van der Waals surface area contributed by atoms with E-state index in [9.17, 15) is 4.79 Å². The first-order chi connectivity index (χ1) is 16.5. The lowest BCUT2D eigenvalue weighted by atomic mass is 10.0. The van der Waals surface area contributed by atoms with Crippen LogP contribution in [0, 0.1) is 13.8 Å². The molecular weight excluding hydrogens is 424 g/mol. The third-order valence-electron chi connectivity index (χ3n) is 6.68. The molecule has 3 heterocycles. The van der Waals surface area contributed by atoms with Gasteiger partial charge in [-0.05, 0) is 54.7 Å². The Kier molecular flexibility index (Phi) is 5.82. The molecule has 0 bridgehead atoms. The molecule has 0 N–H and O–H groups in total. The topological polar surface area (TPSA) is 60.2 Å². The molecule has 0 amide bonds. The van der Waals surface area contributed by atoms with Gasteiger partial charge in [-0.2, -0.15) is 0 Å². The van der Waals surface area contributed by atoms with E-state index in [1.54, 1.807) is 0 Å². The monoisotopic (exact) mass is 454 g/mol. The predicted octanol–water partition coefficient (Wildman–Crippen LogP) is 4.94. The van der Waals surface area contributed by atoms with Gasteiger partial charge in [0.25, 0.3) is 0 Å². The van der Waals surface area contributed by atoms with Crippen LogP contribution in [0.3, 0.4) is 0 Å². The number of esters is 1. The number of fused-ring (bicyclic) bond motifs is 2. The second-order valence-corrected chi connectivity index (χ2v) is 8.96. The van der Waals surface area contributed by atoms with Crippen molar-refractivity contribution >= 4 is 22.8 Å². The number of aryl methyl sites for hydroxylation is 3. The number of anilines is 1. The Morgan fingerprint density at radius 2 is 1.88 bits per heavy atom. The van der Waals surface area contributed by atoms with Crippen molar-refractivity contribution in [2.75, 3.05) is 18.6 Å². The number of imidazole rings is 1. The summed E-state index contributed by atoms with van der Waals surface area (Å²) >= 11 is 0. The number of rotatable bonds is 6. The molecule has 2 aromatic carbocycles. The minimum Gasteiger partial charge on any atom is -0.467 e. The van der Waals surface area contributed by atoms with Gasteiger partial charge in [-0.25, -0.2) is 14.8 Å². The fourth-order valence-electron chi connectivity index (χ4n) is 5.10. The summed E-state index contributed by atoms with van der Waals surface area (Å²) in [6, 6.07) is 18.1. The summed E-state index contributed by atoms with van der Waals surface area (Å²) in [7, 11) is 1.45. The number of hydrogen-bond donors (Lipinski definition) is 0. The summed E-state index contributed by atoms with van der Waals surface area (Å²) in [4.78, 5) is 24.6. The lowest BCUT2D eigenvalue weighted by Gasteiger charge is -2.28. The maximum absolute atomic E-state index is 12.8. The number of methoxy groups -OCH3 is 1. The molecule has 0 radical (unpaired) electrons. The summed E-state index contributed by atoms with van der Waals surface area (Å²) in [6.07, 6.45) is 1.75. The maximum Gasteiger partial charge on any atom is 0.333 e. The smallest absolute Gasteiger partial charge is 0.333 e. The van der Waals surface area contributed by atoms with E-state index < -0.39 is 6.04 Å². The van der Waals surface area contributed by atoms with Gasteiger partial charge in [0.2, 0.25) is 0 Å².